The first-order valence-electron chi connectivity index (χ1n) is 2.99. The fraction of sp³-hybridized carbons (Fsp3) is 0.286. The molecule has 0 amide bonds. The second kappa shape index (κ2) is 3.09. The van der Waals surface area contributed by atoms with E-state index in [1.807, 2.05) is 0 Å². The van der Waals surface area contributed by atoms with Gasteiger partial charge >= 0.3 is 5.97 Å². The van der Waals surface area contributed by atoms with Crippen LogP contribution in [0.2, 0.25) is 0 Å². The molecular weight excluding hydrogens is 212 g/mol. The molecule has 0 saturated carbocycles. The highest BCUT2D eigenvalue weighted by Gasteiger charge is 2.14. The van der Waals surface area contributed by atoms with Crippen molar-refractivity contribution >= 4 is 21.9 Å². The number of carbonyl (C=O) groups is 1. The summed E-state index contributed by atoms with van der Waals surface area (Å²) in [6.07, 6.45) is 0. The minimum atomic E-state index is -0.451. The van der Waals surface area contributed by atoms with Crippen molar-refractivity contribution in [3.05, 3.63) is 22.1 Å². The van der Waals surface area contributed by atoms with Crippen molar-refractivity contribution in [1.82, 2.24) is 0 Å². The average molecular weight is 219 g/mol. The minimum absolute atomic E-state index is 0.249. The first-order valence-corrected chi connectivity index (χ1v) is 3.78. The molecule has 1 rings (SSSR count). The monoisotopic (exact) mass is 218 g/mol. The van der Waals surface area contributed by atoms with E-state index in [2.05, 4.69) is 20.7 Å². The van der Waals surface area contributed by atoms with Gasteiger partial charge in [-0.15, -0.1) is 0 Å². The van der Waals surface area contributed by atoms with E-state index in [-0.39, 0.29) is 5.76 Å². The molecule has 0 aliphatic carbocycles. The van der Waals surface area contributed by atoms with Crippen molar-refractivity contribution < 1.29 is 13.9 Å². The number of rotatable bonds is 1. The van der Waals surface area contributed by atoms with Crippen LogP contribution >= 0.6 is 15.9 Å². The molecule has 0 aliphatic heterocycles. The maximum absolute atomic E-state index is 10.9. The Morgan fingerprint density at radius 3 is 2.73 bits per heavy atom. The third-order valence-corrected chi connectivity index (χ3v) is 1.65. The molecule has 0 atom stereocenters. The Hall–Kier alpha value is -0.770. The lowest BCUT2D eigenvalue weighted by Gasteiger charge is -1.93. The molecule has 0 spiro atoms. The predicted molar refractivity (Wildman–Crippen MR) is 42.5 cm³/mol. The van der Waals surface area contributed by atoms with E-state index >= 15 is 0 Å². The van der Waals surface area contributed by atoms with Crippen molar-refractivity contribution in [2.24, 2.45) is 0 Å². The third kappa shape index (κ3) is 1.63. The van der Waals surface area contributed by atoms with E-state index in [4.69, 9.17) is 4.42 Å². The first kappa shape index (κ1) is 8.33. The molecule has 0 radical (unpaired) electrons. The molecule has 0 aliphatic rings. The van der Waals surface area contributed by atoms with E-state index in [1.165, 1.54) is 7.11 Å². The van der Waals surface area contributed by atoms with Crippen LogP contribution in [0.4, 0.5) is 0 Å². The van der Waals surface area contributed by atoms with Gasteiger partial charge in [-0.1, -0.05) is 0 Å². The molecule has 0 fully saturated rings. The number of carbonyl (C=O) groups excluding carboxylic acids is 1. The summed E-state index contributed by atoms with van der Waals surface area (Å²) in [7, 11) is 1.32. The van der Waals surface area contributed by atoms with E-state index < -0.39 is 5.97 Å². The van der Waals surface area contributed by atoms with Gasteiger partial charge in [-0.05, 0) is 28.9 Å². The lowest BCUT2D eigenvalue weighted by atomic mass is 10.3. The van der Waals surface area contributed by atoms with Crippen LogP contribution in [-0.4, -0.2) is 13.1 Å². The van der Waals surface area contributed by atoms with Crippen LogP contribution in [0.5, 0.6) is 0 Å². The number of methoxy groups -OCH3 is 1. The van der Waals surface area contributed by atoms with Crippen LogP contribution in [0.25, 0.3) is 0 Å². The average Bonchev–Trinajstić information content (AvgIpc) is 2.28. The van der Waals surface area contributed by atoms with Gasteiger partial charge in [0.05, 0.1) is 7.11 Å². The SMILES string of the molecule is COC(=O)c1oc(Br)cc1C. The molecule has 3 nitrogen and oxygen atoms in total. The van der Waals surface area contributed by atoms with Crippen molar-refractivity contribution in [2.75, 3.05) is 7.11 Å². The second-order valence-electron chi connectivity index (χ2n) is 2.05. The van der Waals surface area contributed by atoms with Crippen molar-refractivity contribution in [2.45, 2.75) is 6.92 Å². The van der Waals surface area contributed by atoms with Crippen molar-refractivity contribution in [3.8, 4) is 0 Å². The van der Waals surface area contributed by atoms with Gasteiger partial charge in [0.2, 0.25) is 5.76 Å². The predicted octanol–water partition coefficient (Wildman–Crippen LogP) is 2.14. The lowest BCUT2D eigenvalue weighted by molar-refractivity contribution is 0.0562. The van der Waals surface area contributed by atoms with Gasteiger partial charge in [-0.3, -0.25) is 0 Å². The van der Waals surface area contributed by atoms with E-state index in [0.29, 0.717) is 4.67 Å². The highest BCUT2D eigenvalue weighted by atomic mass is 79.9. The lowest BCUT2D eigenvalue weighted by Crippen LogP contribution is -2.00. The van der Waals surface area contributed by atoms with Crippen LogP contribution in [0, 0.1) is 6.92 Å². The van der Waals surface area contributed by atoms with Gasteiger partial charge in [-0.25, -0.2) is 4.79 Å². The van der Waals surface area contributed by atoms with E-state index in [9.17, 15) is 4.79 Å². The van der Waals surface area contributed by atoms with Gasteiger partial charge in [0.15, 0.2) is 4.67 Å². The topological polar surface area (TPSA) is 39.4 Å². The number of esters is 1. The maximum atomic E-state index is 10.9. The third-order valence-electron chi connectivity index (χ3n) is 1.26. The number of hydrogen-bond acceptors (Lipinski definition) is 3. The summed E-state index contributed by atoms with van der Waals surface area (Å²) in [6.45, 7) is 1.78. The Bertz CT molecular complexity index is 277. The fourth-order valence-electron chi connectivity index (χ4n) is 0.739. The van der Waals surface area contributed by atoms with Gasteiger partial charge in [0.1, 0.15) is 0 Å². The van der Waals surface area contributed by atoms with Crippen molar-refractivity contribution in [3.63, 3.8) is 0 Å². The molecular formula is C7H7BrO3. The largest absolute Gasteiger partial charge is 0.463 e. The number of hydrogen-bond donors (Lipinski definition) is 0. The van der Waals surface area contributed by atoms with Crippen LogP contribution in [-0.2, 0) is 4.74 Å². The van der Waals surface area contributed by atoms with Gasteiger partial charge < -0.3 is 9.15 Å². The van der Waals surface area contributed by atoms with Crippen LogP contribution in [0.3, 0.4) is 0 Å². The minimum Gasteiger partial charge on any atom is -0.463 e. The highest BCUT2D eigenvalue weighted by molar-refractivity contribution is 9.10. The molecule has 0 N–H and O–H groups in total. The maximum Gasteiger partial charge on any atom is 0.374 e. The van der Waals surface area contributed by atoms with E-state index in [1.54, 1.807) is 13.0 Å². The van der Waals surface area contributed by atoms with Crippen molar-refractivity contribution in [1.29, 1.82) is 0 Å². The van der Waals surface area contributed by atoms with Crippen LogP contribution in [0.1, 0.15) is 16.1 Å². The summed E-state index contributed by atoms with van der Waals surface area (Å²) in [5.74, 6) is -0.201. The molecule has 1 heterocycles. The normalized spacial score (nSPS) is 9.73. The standard InChI is InChI=1S/C7H7BrO3/c1-4-3-5(8)11-6(4)7(9)10-2/h3H,1-2H3. The molecule has 0 aromatic carbocycles. The Kier molecular flexibility index (Phi) is 2.34. The number of halogens is 1. The molecule has 1 aromatic heterocycles. The zero-order valence-corrected chi connectivity index (χ0v) is 7.77. The molecule has 4 heteroatoms. The molecule has 0 unspecified atom stereocenters. The summed E-state index contributed by atoms with van der Waals surface area (Å²) < 4.78 is 10.0. The fourth-order valence-corrected chi connectivity index (χ4v) is 1.24. The smallest absolute Gasteiger partial charge is 0.374 e. The molecule has 11 heavy (non-hydrogen) atoms. The Labute approximate surface area is 72.5 Å². The highest BCUT2D eigenvalue weighted by Crippen LogP contribution is 2.19. The summed E-state index contributed by atoms with van der Waals surface area (Å²) in [6, 6.07) is 1.71. The number of furan rings is 1. The molecule has 0 bridgehead atoms. The number of ether oxygens (including phenoxy) is 1. The second-order valence-corrected chi connectivity index (χ2v) is 2.84. The van der Waals surface area contributed by atoms with Gasteiger partial charge in [0, 0.05) is 5.56 Å². The molecule has 60 valence electrons. The van der Waals surface area contributed by atoms with Crippen LogP contribution in [0.15, 0.2) is 15.2 Å². The van der Waals surface area contributed by atoms with Crippen LogP contribution < -0.4 is 0 Å². The number of aryl methyl sites for hydroxylation is 1. The molecule has 0 saturated heterocycles. The summed E-state index contributed by atoms with van der Waals surface area (Å²) >= 11 is 3.11. The Balaban J connectivity index is 3.03. The van der Waals surface area contributed by atoms with Gasteiger partial charge in [0.25, 0.3) is 0 Å². The quantitative estimate of drug-likeness (QED) is 0.679. The van der Waals surface area contributed by atoms with Gasteiger partial charge in [-0.2, -0.15) is 0 Å². The Morgan fingerprint density at radius 2 is 2.36 bits per heavy atom. The summed E-state index contributed by atoms with van der Waals surface area (Å²) in [5, 5.41) is 0. The molecule has 1 aromatic rings. The summed E-state index contributed by atoms with van der Waals surface area (Å²) in [5.41, 5.74) is 0.767. The first-order chi connectivity index (χ1) is 5.15. The van der Waals surface area contributed by atoms with E-state index in [0.717, 1.165) is 5.56 Å². The Morgan fingerprint density at radius 1 is 1.73 bits per heavy atom. The summed E-state index contributed by atoms with van der Waals surface area (Å²) in [4.78, 5) is 10.9. The zero-order chi connectivity index (χ0) is 8.43. The zero-order valence-electron chi connectivity index (χ0n) is 6.18.